The summed E-state index contributed by atoms with van der Waals surface area (Å²) in [6.45, 7) is 4.61. The Morgan fingerprint density at radius 3 is 2.40 bits per heavy atom. The van der Waals surface area contributed by atoms with E-state index in [0.29, 0.717) is 0 Å². The van der Waals surface area contributed by atoms with Crippen LogP contribution in [0.1, 0.15) is 5.56 Å². The molecule has 0 spiro atoms. The zero-order valence-electron chi connectivity index (χ0n) is 14.6. The number of thiocarbonyl (C=S) groups is 1. The number of benzene rings is 2. The first-order chi connectivity index (χ1) is 12.3. The highest BCUT2D eigenvalue weighted by Crippen LogP contribution is 2.28. The van der Waals surface area contributed by atoms with Crippen molar-refractivity contribution in [3.8, 4) is 5.75 Å². The fourth-order valence-corrected chi connectivity index (χ4v) is 3.40. The lowest BCUT2D eigenvalue weighted by molar-refractivity contribution is 0.374. The third-order valence-corrected chi connectivity index (χ3v) is 4.93. The minimum atomic E-state index is 0.857. The average Bonchev–Trinajstić information content (AvgIpc) is 2.69. The van der Waals surface area contributed by atoms with Crippen molar-refractivity contribution in [2.45, 2.75) is 6.42 Å². The number of piperazine rings is 1. The number of methoxy groups -OCH3 is 1. The van der Waals surface area contributed by atoms with Gasteiger partial charge in [0.05, 0.1) is 12.8 Å². The summed E-state index contributed by atoms with van der Waals surface area (Å²) in [4.78, 5) is 4.62. The molecule has 0 saturated carbocycles. The third-order valence-electron chi connectivity index (χ3n) is 4.53. The molecule has 2 aromatic rings. The molecule has 1 fully saturated rings. The lowest BCUT2D eigenvalue weighted by atomic mass is 10.1. The van der Waals surface area contributed by atoms with Gasteiger partial charge < -0.3 is 19.9 Å². The van der Waals surface area contributed by atoms with Gasteiger partial charge in [-0.15, -0.1) is 0 Å². The smallest absolute Gasteiger partial charge is 0.169 e. The van der Waals surface area contributed by atoms with E-state index >= 15 is 0 Å². The first kappa shape index (κ1) is 17.5. The Kier molecular flexibility index (Phi) is 6.12. The summed E-state index contributed by atoms with van der Waals surface area (Å²) in [5, 5.41) is 4.25. The average molecular weight is 356 g/mol. The maximum Gasteiger partial charge on any atom is 0.169 e. The second-order valence-corrected chi connectivity index (χ2v) is 6.50. The normalized spacial score (nSPS) is 14.3. The molecule has 5 heteroatoms. The molecule has 25 heavy (non-hydrogen) atoms. The van der Waals surface area contributed by atoms with Gasteiger partial charge in [-0.2, -0.15) is 0 Å². The predicted octanol–water partition coefficient (Wildman–Crippen LogP) is 2.93. The summed E-state index contributed by atoms with van der Waals surface area (Å²) < 4.78 is 5.47. The first-order valence-electron chi connectivity index (χ1n) is 8.72. The Balaban J connectivity index is 1.46. The van der Waals surface area contributed by atoms with Crippen LogP contribution in [0.3, 0.4) is 0 Å². The van der Waals surface area contributed by atoms with Crippen LogP contribution in [0.15, 0.2) is 54.6 Å². The van der Waals surface area contributed by atoms with Gasteiger partial charge >= 0.3 is 0 Å². The molecular formula is C20H25N3OS. The molecular weight excluding hydrogens is 330 g/mol. The Morgan fingerprint density at radius 1 is 1.00 bits per heavy atom. The van der Waals surface area contributed by atoms with Gasteiger partial charge in [0.2, 0.25) is 0 Å². The van der Waals surface area contributed by atoms with Crippen LogP contribution in [0.25, 0.3) is 0 Å². The molecule has 1 N–H and O–H groups in total. The van der Waals surface area contributed by atoms with Crippen molar-refractivity contribution in [1.29, 1.82) is 0 Å². The number of hydrogen-bond donors (Lipinski definition) is 1. The Hall–Kier alpha value is -2.27. The SMILES string of the molecule is COc1ccccc1N1CCN(C(=S)NCCc2ccccc2)CC1. The molecule has 0 atom stereocenters. The first-order valence-corrected chi connectivity index (χ1v) is 9.13. The van der Waals surface area contributed by atoms with Gasteiger partial charge in [-0.05, 0) is 36.3 Å². The van der Waals surface area contributed by atoms with E-state index in [1.165, 1.54) is 5.56 Å². The molecule has 0 amide bonds. The van der Waals surface area contributed by atoms with Gasteiger partial charge in [-0.25, -0.2) is 0 Å². The fraction of sp³-hybridized carbons (Fsp3) is 0.350. The van der Waals surface area contributed by atoms with Crippen molar-refractivity contribution < 1.29 is 4.74 Å². The largest absolute Gasteiger partial charge is 0.495 e. The van der Waals surface area contributed by atoms with Gasteiger partial charge in [-0.1, -0.05) is 42.5 Å². The summed E-state index contributed by atoms with van der Waals surface area (Å²) in [5.74, 6) is 0.930. The minimum Gasteiger partial charge on any atom is -0.495 e. The maximum atomic E-state index is 5.56. The predicted molar refractivity (Wildman–Crippen MR) is 108 cm³/mol. The molecule has 0 aliphatic carbocycles. The lowest BCUT2D eigenvalue weighted by Gasteiger charge is -2.37. The molecule has 1 heterocycles. The topological polar surface area (TPSA) is 27.7 Å². The zero-order chi connectivity index (χ0) is 17.5. The van der Waals surface area contributed by atoms with E-state index in [0.717, 1.165) is 55.7 Å². The molecule has 1 aliphatic heterocycles. The lowest BCUT2D eigenvalue weighted by Crippen LogP contribution is -2.52. The van der Waals surface area contributed by atoms with Crippen LogP contribution in [-0.2, 0) is 6.42 Å². The van der Waals surface area contributed by atoms with Crippen molar-refractivity contribution >= 4 is 23.0 Å². The van der Waals surface area contributed by atoms with Crippen LogP contribution >= 0.6 is 12.2 Å². The molecule has 1 aliphatic rings. The monoisotopic (exact) mass is 355 g/mol. The van der Waals surface area contributed by atoms with Gasteiger partial charge in [0.15, 0.2) is 5.11 Å². The van der Waals surface area contributed by atoms with Gasteiger partial charge in [-0.3, -0.25) is 0 Å². The number of nitrogens with one attached hydrogen (secondary N) is 1. The molecule has 0 radical (unpaired) electrons. The van der Waals surface area contributed by atoms with E-state index in [9.17, 15) is 0 Å². The van der Waals surface area contributed by atoms with Crippen LogP contribution in [0, 0.1) is 0 Å². The van der Waals surface area contributed by atoms with Gasteiger partial charge in [0.25, 0.3) is 0 Å². The van der Waals surface area contributed by atoms with Crippen molar-refractivity contribution in [2.75, 3.05) is 44.7 Å². The zero-order valence-corrected chi connectivity index (χ0v) is 15.5. The molecule has 132 valence electrons. The van der Waals surface area contributed by atoms with Crippen LogP contribution in [0.5, 0.6) is 5.75 Å². The highest BCUT2D eigenvalue weighted by Gasteiger charge is 2.20. The molecule has 0 bridgehead atoms. The molecule has 0 unspecified atom stereocenters. The number of nitrogens with zero attached hydrogens (tertiary/aromatic N) is 2. The minimum absolute atomic E-state index is 0.857. The van der Waals surface area contributed by atoms with E-state index in [-0.39, 0.29) is 0 Å². The van der Waals surface area contributed by atoms with E-state index in [2.05, 4.69) is 51.5 Å². The van der Waals surface area contributed by atoms with E-state index < -0.39 is 0 Å². The molecule has 4 nitrogen and oxygen atoms in total. The molecule has 3 rings (SSSR count). The van der Waals surface area contributed by atoms with Crippen molar-refractivity contribution in [1.82, 2.24) is 10.2 Å². The van der Waals surface area contributed by atoms with Gasteiger partial charge in [0.1, 0.15) is 5.75 Å². The second-order valence-electron chi connectivity index (χ2n) is 6.11. The second kappa shape index (κ2) is 8.72. The molecule has 0 aromatic heterocycles. The highest BCUT2D eigenvalue weighted by atomic mass is 32.1. The standard InChI is InChI=1S/C20H25N3OS/c1-24-19-10-6-5-9-18(19)22-13-15-23(16-14-22)20(25)21-12-11-17-7-3-2-4-8-17/h2-10H,11-16H2,1H3,(H,21,25). The number of rotatable bonds is 5. The Bertz CT molecular complexity index is 684. The van der Waals surface area contributed by atoms with E-state index in [1.807, 2.05) is 18.2 Å². The number of hydrogen-bond acceptors (Lipinski definition) is 3. The van der Waals surface area contributed by atoms with Gasteiger partial charge in [0, 0.05) is 32.7 Å². The van der Waals surface area contributed by atoms with Crippen LogP contribution < -0.4 is 15.0 Å². The maximum absolute atomic E-state index is 5.56. The molecule has 1 saturated heterocycles. The van der Waals surface area contributed by atoms with Crippen molar-refractivity contribution in [2.24, 2.45) is 0 Å². The summed E-state index contributed by atoms with van der Waals surface area (Å²) in [6.07, 6.45) is 0.988. The highest BCUT2D eigenvalue weighted by molar-refractivity contribution is 7.80. The third kappa shape index (κ3) is 4.63. The summed E-state index contributed by atoms with van der Waals surface area (Å²) in [7, 11) is 1.72. The van der Waals surface area contributed by atoms with Crippen LogP contribution in [0.4, 0.5) is 5.69 Å². The fourth-order valence-electron chi connectivity index (χ4n) is 3.11. The Labute approximate surface area is 155 Å². The van der Waals surface area contributed by atoms with E-state index in [1.54, 1.807) is 7.11 Å². The quantitative estimate of drug-likeness (QED) is 0.833. The van der Waals surface area contributed by atoms with Crippen LogP contribution in [-0.4, -0.2) is 49.8 Å². The number of ether oxygens (including phenoxy) is 1. The van der Waals surface area contributed by atoms with Crippen molar-refractivity contribution in [3.05, 3.63) is 60.2 Å². The van der Waals surface area contributed by atoms with E-state index in [4.69, 9.17) is 17.0 Å². The molecule has 2 aromatic carbocycles. The number of anilines is 1. The summed E-state index contributed by atoms with van der Waals surface area (Å²) >= 11 is 5.56. The number of para-hydroxylation sites is 2. The summed E-state index contributed by atoms with van der Waals surface area (Å²) in [5.41, 5.74) is 2.49. The van der Waals surface area contributed by atoms with Crippen LogP contribution in [0.2, 0.25) is 0 Å². The summed E-state index contributed by atoms with van der Waals surface area (Å²) in [6, 6.07) is 18.7. The Morgan fingerprint density at radius 2 is 1.68 bits per heavy atom. The van der Waals surface area contributed by atoms with Crippen molar-refractivity contribution in [3.63, 3.8) is 0 Å².